The fourth-order valence-corrected chi connectivity index (χ4v) is 1.45. The predicted octanol–water partition coefficient (Wildman–Crippen LogP) is 1.15. The molecule has 3 heteroatoms. The lowest BCUT2D eigenvalue weighted by atomic mass is 10.2. The van der Waals surface area contributed by atoms with Crippen molar-refractivity contribution >= 4 is 11.8 Å². The van der Waals surface area contributed by atoms with Crippen molar-refractivity contribution in [3.63, 3.8) is 0 Å². The van der Waals surface area contributed by atoms with Gasteiger partial charge < -0.3 is 0 Å². The molecule has 2 amide bonds. The molecule has 1 aliphatic rings. The van der Waals surface area contributed by atoms with Gasteiger partial charge in [0.15, 0.2) is 0 Å². The number of carbonyl (C=O) groups is 2. The molecule has 71 valence electrons. The van der Waals surface area contributed by atoms with Gasteiger partial charge >= 0.3 is 0 Å². The van der Waals surface area contributed by atoms with E-state index in [1.54, 1.807) is 0 Å². The number of hydrogen-bond acceptors (Lipinski definition) is 2. The molecule has 14 heavy (non-hydrogen) atoms. The maximum absolute atomic E-state index is 11.3. The summed E-state index contributed by atoms with van der Waals surface area (Å²) in [5.74, 6) is -0.294. The summed E-state index contributed by atoms with van der Waals surface area (Å²) < 4.78 is 0. The van der Waals surface area contributed by atoms with Crippen molar-refractivity contribution < 1.29 is 9.59 Å². The van der Waals surface area contributed by atoms with Gasteiger partial charge in [-0.1, -0.05) is 30.3 Å². The first-order chi connectivity index (χ1) is 6.77. The fourth-order valence-electron chi connectivity index (χ4n) is 1.45. The molecule has 0 atom stereocenters. The van der Waals surface area contributed by atoms with Gasteiger partial charge in [0, 0.05) is 6.42 Å². The number of nitrogens with zero attached hydrogens (tertiary/aromatic N) is 1. The van der Waals surface area contributed by atoms with E-state index in [0.717, 1.165) is 5.56 Å². The maximum Gasteiger partial charge on any atom is 0.233 e. The van der Waals surface area contributed by atoms with Crippen molar-refractivity contribution in [2.45, 2.75) is 13.0 Å². The second-order valence-electron chi connectivity index (χ2n) is 3.21. The minimum atomic E-state index is -0.182. The zero-order chi connectivity index (χ0) is 9.97. The Labute approximate surface area is 82.3 Å². The van der Waals surface area contributed by atoms with Crippen molar-refractivity contribution in [1.29, 1.82) is 0 Å². The molecule has 1 aromatic rings. The van der Waals surface area contributed by atoms with Gasteiger partial charge in [0.1, 0.15) is 0 Å². The predicted molar refractivity (Wildman–Crippen MR) is 50.9 cm³/mol. The molecule has 0 unspecified atom stereocenters. The summed E-state index contributed by atoms with van der Waals surface area (Å²) in [6, 6.07) is 9.50. The van der Waals surface area contributed by atoms with Crippen LogP contribution in [0.3, 0.4) is 0 Å². The summed E-state index contributed by atoms with van der Waals surface area (Å²) in [5.41, 5.74) is 0.976. The molecule has 1 aromatic carbocycles. The van der Waals surface area contributed by atoms with Crippen LogP contribution < -0.4 is 0 Å². The largest absolute Gasteiger partial charge is 0.278 e. The average Bonchev–Trinajstić information content (AvgIpc) is 2.51. The first-order valence-electron chi connectivity index (χ1n) is 4.49. The quantitative estimate of drug-likeness (QED) is 0.653. The maximum atomic E-state index is 11.3. The minimum absolute atomic E-state index is 0.112. The summed E-state index contributed by atoms with van der Waals surface area (Å²) in [7, 11) is 0. The van der Waals surface area contributed by atoms with E-state index in [9.17, 15) is 9.59 Å². The van der Waals surface area contributed by atoms with Crippen LogP contribution in [0.5, 0.6) is 0 Å². The molecule has 1 saturated heterocycles. The molecule has 2 rings (SSSR count). The standard InChI is InChI=1S/C11H10NO2/c13-10-6-7-11(14)12(10)8-9-4-2-1-3-5-9/h1-6H,7-8H2. The number of amides is 2. The molecule has 1 aliphatic heterocycles. The van der Waals surface area contributed by atoms with Crippen molar-refractivity contribution in [2.24, 2.45) is 0 Å². The topological polar surface area (TPSA) is 37.4 Å². The second-order valence-corrected chi connectivity index (χ2v) is 3.21. The zero-order valence-electron chi connectivity index (χ0n) is 7.64. The minimum Gasteiger partial charge on any atom is -0.278 e. The van der Waals surface area contributed by atoms with E-state index in [-0.39, 0.29) is 18.2 Å². The molecule has 0 saturated carbocycles. The van der Waals surface area contributed by atoms with E-state index in [1.807, 2.05) is 30.3 Å². The number of benzene rings is 1. The van der Waals surface area contributed by atoms with Crippen molar-refractivity contribution in [3.8, 4) is 0 Å². The number of carbonyl (C=O) groups excluding carboxylic acids is 2. The molecule has 0 N–H and O–H groups in total. The van der Waals surface area contributed by atoms with Gasteiger partial charge in [-0.05, 0) is 5.56 Å². The number of rotatable bonds is 2. The van der Waals surface area contributed by atoms with Crippen molar-refractivity contribution in [2.75, 3.05) is 0 Å². The molecule has 0 bridgehead atoms. The molecule has 1 radical (unpaired) electrons. The lowest BCUT2D eigenvalue weighted by molar-refractivity contribution is -0.138. The third-order valence-corrected chi connectivity index (χ3v) is 2.20. The van der Waals surface area contributed by atoms with Crippen LogP contribution in [0.15, 0.2) is 30.3 Å². The first kappa shape index (κ1) is 8.94. The van der Waals surface area contributed by atoms with E-state index in [1.165, 1.54) is 11.3 Å². The average molecular weight is 188 g/mol. The van der Waals surface area contributed by atoms with Crippen LogP contribution in [-0.4, -0.2) is 16.7 Å². The third kappa shape index (κ3) is 1.66. The highest BCUT2D eigenvalue weighted by Crippen LogP contribution is 2.14. The lowest BCUT2D eigenvalue weighted by Crippen LogP contribution is -2.28. The van der Waals surface area contributed by atoms with Crippen LogP contribution in [0, 0.1) is 6.42 Å². The SMILES string of the molecule is O=C1[CH]CC(=O)N1Cc1ccccc1. The van der Waals surface area contributed by atoms with Gasteiger partial charge in [0.05, 0.1) is 13.0 Å². The van der Waals surface area contributed by atoms with Gasteiger partial charge in [-0.3, -0.25) is 14.5 Å². The molecule has 1 heterocycles. The number of imide groups is 1. The van der Waals surface area contributed by atoms with E-state index < -0.39 is 0 Å². The van der Waals surface area contributed by atoms with Crippen LogP contribution >= 0.6 is 0 Å². The smallest absolute Gasteiger partial charge is 0.233 e. The third-order valence-electron chi connectivity index (χ3n) is 2.20. The highest BCUT2D eigenvalue weighted by atomic mass is 16.2. The summed E-state index contributed by atoms with van der Waals surface area (Å²) in [4.78, 5) is 23.8. The van der Waals surface area contributed by atoms with Crippen LogP contribution in [-0.2, 0) is 16.1 Å². The van der Waals surface area contributed by atoms with Crippen LogP contribution in [0.1, 0.15) is 12.0 Å². The molecular weight excluding hydrogens is 178 g/mol. The Balaban J connectivity index is 2.11. The number of hydrogen-bond donors (Lipinski definition) is 0. The fraction of sp³-hybridized carbons (Fsp3) is 0.182. The Morgan fingerprint density at radius 2 is 1.86 bits per heavy atom. The van der Waals surface area contributed by atoms with Gasteiger partial charge in [-0.25, -0.2) is 0 Å². The van der Waals surface area contributed by atoms with Crippen molar-refractivity contribution in [3.05, 3.63) is 42.3 Å². The van der Waals surface area contributed by atoms with Gasteiger partial charge in [-0.15, -0.1) is 0 Å². The molecule has 0 aliphatic carbocycles. The zero-order valence-corrected chi connectivity index (χ0v) is 7.64. The molecule has 3 nitrogen and oxygen atoms in total. The Morgan fingerprint density at radius 1 is 1.14 bits per heavy atom. The summed E-state index contributed by atoms with van der Waals surface area (Å²) in [6.45, 7) is 0.384. The van der Waals surface area contributed by atoms with E-state index in [4.69, 9.17) is 0 Å². The second kappa shape index (κ2) is 3.62. The lowest BCUT2D eigenvalue weighted by Gasteiger charge is -2.12. The Kier molecular flexibility index (Phi) is 2.31. The van der Waals surface area contributed by atoms with Gasteiger partial charge in [-0.2, -0.15) is 0 Å². The van der Waals surface area contributed by atoms with E-state index >= 15 is 0 Å². The van der Waals surface area contributed by atoms with E-state index in [0.29, 0.717) is 6.54 Å². The van der Waals surface area contributed by atoms with E-state index in [2.05, 4.69) is 0 Å². The molecule has 0 spiro atoms. The van der Waals surface area contributed by atoms with Gasteiger partial charge in [0.2, 0.25) is 11.8 Å². The summed E-state index contributed by atoms with van der Waals surface area (Å²) >= 11 is 0. The highest BCUT2D eigenvalue weighted by Gasteiger charge is 2.28. The Morgan fingerprint density at radius 3 is 2.43 bits per heavy atom. The molecular formula is C11H10NO2. The number of likely N-dealkylation sites (tertiary alicyclic amines) is 1. The highest BCUT2D eigenvalue weighted by molar-refractivity contribution is 6.07. The molecule has 1 fully saturated rings. The molecule has 0 aromatic heterocycles. The van der Waals surface area contributed by atoms with Crippen LogP contribution in [0.4, 0.5) is 0 Å². The monoisotopic (exact) mass is 188 g/mol. The van der Waals surface area contributed by atoms with Gasteiger partial charge in [0.25, 0.3) is 0 Å². The van der Waals surface area contributed by atoms with Crippen molar-refractivity contribution in [1.82, 2.24) is 4.90 Å². The van der Waals surface area contributed by atoms with Crippen LogP contribution in [0.2, 0.25) is 0 Å². The normalized spacial score (nSPS) is 16.4. The Hall–Kier alpha value is -1.64. The Bertz CT molecular complexity index is 343. The summed E-state index contributed by atoms with van der Waals surface area (Å²) in [5, 5.41) is 0. The first-order valence-corrected chi connectivity index (χ1v) is 4.49. The summed E-state index contributed by atoms with van der Waals surface area (Å²) in [6.07, 6.45) is 1.66. The van der Waals surface area contributed by atoms with Crippen LogP contribution in [0.25, 0.3) is 0 Å².